The van der Waals surface area contributed by atoms with Crippen LogP contribution in [0.4, 0.5) is 4.79 Å². The van der Waals surface area contributed by atoms with E-state index in [1.54, 1.807) is 24.5 Å². The summed E-state index contributed by atoms with van der Waals surface area (Å²) >= 11 is 0. The van der Waals surface area contributed by atoms with E-state index in [1.807, 2.05) is 52.0 Å². The number of amides is 2. The molecule has 1 unspecified atom stereocenters. The molecule has 1 atom stereocenters. The Bertz CT molecular complexity index is 795. The van der Waals surface area contributed by atoms with Crippen LogP contribution in [0.3, 0.4) is 0 Å². The Hall–Kier alpha value is -3.42. The molecule has 0 fully saturated rings. The van der Waals surface area contributed by atoms with Crippen molar-refractivity contribution in [1.82, 2.24) is 15.6 Å². The maximum Gasteiger partial charge on any atom is 0.315 e. The van der Waals surface area contributed by atoms with Crippen LogP contribution >= 0.6 is 0 Å². The second-order valence-electron chi connectivity index (χ2n) is 6.40. The Labute approximate surface area is 198 Å². The normalized spacial score (nSPS) is 10.1. The van der Waals surface area contributed by atoms with Gasteiger partial charge in [-0.25, -0.2) is 4.79 Å². The topological polar surface area (TPSA) is 141 Å². The summed E-state index contributed by atoms with van der Waals surface area (Å²) in [7, 11) is 0. The van der Waals surface area contributed by atoms with E-state index in [0.29, 0.717) is 17.7 Å². The Morgan fingerprint density at radius 2 is 1.73 bits per heavy atom. The smallest absolute Gasteiger partial charge is 0.315 e. The van der Waals surface area contributed by atoms with E-state index < -0.39 is 18.0 Å². The molecule has 184 valence electrons. The van der Waals surface area contributed by atoms with Crippen molar-refractivity contribution in [3.05, 3.63) is 65.5 Å². The molecule has 0 saturated heterocycles. The van der Waals surface area contributed by atoms with Crippen LogP contribution in [0.5, 0.6) is 0 Å². The van der Waals surface area contributed by atoms with Crippen LogP contribution in [-0.2, 0) is 11.2 Å². The van der Waals surface area contributed by atoms with Crippen LogP contribution in [-0.4, -0.2) is 34.5 Å². The number of benzene rings is 1. The number of hydrogen-bond acceptors (Lipinski definition) is 4. The molecule has 2 rings (SSSR count). The molecule has 1 heterocycles. The van der Waals surface area contributed by atoms with Gasteiger partial charge in [-0.05, 0) is 36.5 Å². The first kappa shape index (κ1) is 31.8. The molecule has 0 radical (unpaired) electrons. The molecule has 0 aliphatic rings. The zero-order valence-electron chi connectivity index (χ0n) is 19.5. The zero-order valence-corrected chi connectivity index (χ0v) is 19.5. The highest BCUT2D eigenvalue weighted by Crippen LogP contribution is 2.15. The highest BCUT2D eigenvalue weighted by atomic mass is 16.4. The summed E-state index contributed by atoms with van der Waals surface area (Å²) < 4.78 is 0. The van der Waals surface area contributed by atoms with Crippen molar-refractivity contribution in [2.24, 2.45) is 5.73 Å². The number of aromatic nitrogens is 1. The second-order valence-corrected chi connectivity index (χ2v) is 6.40. The Kier molecular flexibility index (Phi) is 18.6. The molecule has 8 nitrogen and oxygen atoms in total. The van der Waals surface area contributed by atoms with Crippen LogP contribution in [0.1, 0.15) is 77.1 Å². The summed E-state index contributed by atoms with van der Waals surface area (Å²) in [6.07, 6.45) is 5.47. The minimum Gasteiger partial charge on any atom is -0.481 e. The van der Waals surface area contributed by atoms with Crippen molar-refractivity contribution in [3.63, 3.8) is 0 Å². The van der Waals surface area contributed by atoms with Crippen LogP contribution in [0.15, 0.2) is 48.8 Å². The largest absolute Gasteiger partial charge is 0.481 e. The predicted octanol–water partition coefficient (Wildman–Crippen LogP) is 4.89. The highest BCUT2D eigenvalue weighted by Gasteiger charge is 2.17. The van der Waals surface area contributed by atoms with E-state index in [-0.39, 0.29) is 19.7 Å². The van der Waals surface area contributed by atoms with Gasteiger partial charge in [0.05, 0.1) is 12.5 Å². The zero-order chi connectivity index (χ0) is 24.4. The first-order valence-corrected chi connectivity index (χ1v) is 11.0. The molecular weight excluding hydrogens is 418 g/mol. The Balaban J connectivity index is 0. The molecular formula is C25H41N5O3. The third kappa shape index (κ3) is 13.6. The average molecular weight is 460 g/mol. The van der Waals surface area contributed by atoms with Gasteiger partial charge in [-0.2, -0.15) is 0 Å². The van der Waals surface area contributed by atoms with Gasteiger partial charge in [-0.1, -0.05) is 65.5 Å². The van der Waals surface area contributed by atoms with Gasteiger partial charge in [-0.15, -0.1) is 0 Å². The quantitative estimate of drug-likeness (QED) is 0.195. The maximum atomic E-state index is 12.1. The summed E-state index contributed by atoms with van der Waals surface area (Å²) in [5.74, 6) is -0.945. The molecule has 8 heteroatoms. The van der Waals surface area contributed by atoms with Crippen molar-refractivity contribution in [1.29, 1.82) is 5.41 Å². The second kappa shape index (κ2) is 19.3. The molecule has 1 aromatic heterocycles. The lowest BCUT2D eigenvalue weighted by Gasteiger charge is -2.17. The Morgan fingerprint density at radius 1 is 1.09 bits per heavy atom. The first-order valence-electron chi connectivity index (χ1n) is 11.0. The van der Waals surface area contributed by atoms with E-state index in [9.17, 15) is 9.59 Å². The Morgan fingerprint density at radius 3 is 2.24 bits per heavy atom. The minimum absolute atomic E-state index is 0. The number of carboxylic acid groups (broad SMARTS) is 1. The molecule has 33 heavy (non-hydrogen) atoms. The van der Waals surface area contributed by atoms with Crippen molar-refractivity contribution >= 4 is 17.8 Å². The van der Waals surface area contributed by atoms with Crippen molar-refractivity contribution < 1.29 is 14.7 Å². The number of nitrogens with two attached hydrogens (primary N) is 1. The predicted molar refractivity (Wildman–Crippen MR) is 136 cm³/mol. The van der Waals surface area contributed by atoms with Gasteiger partial charge in [0, 0.05) is 24.5 Å². The number of nitrogens with one attached hydrogen (secondary N) is 3. The lowest BCUT2D eigenvalue weighted by molar-refractivity contribution is -0.137. The first-order chi connectivity index (χ1) is 15.5. The number of nitrogen functional groups attached to an aromatic ring is 1. The van der Waals surface area contributed by atoms with Gasteiger partial charge in [0.25, 0.3) is 0 Å². The van der Waals surface area contributed by atoms with Gasteiger partial charge >= 0.3 is 12.0 Å². The van der Waals surface area contributed by atoms with E-state index in [2.05, 4.69) is 15.6 Å². The molecule has 2 amide bonds. The van der Waals surface area contributed by atoms with Gasteiger partial charge in [-0.3, -0.25) is 15.2 Å². The number of urea groups is 1. The number of hydrogen-bond donors (Lipinski definition) is 5. The van der Waals surface area contributed by atoms with Crippen molar-refractivity contribution in [2.75, 3.05) is 6.54 Å². The number of carbonyl (C=O) groups excluding carboxylic acids is 1. The van der Waals surface area contributed by atoms with Crippen LogP contribution in [0.25, 0.3) is 0 Å². The number of carboxylic acids is 1. The lowest BCUT2D eigenvalue weighted by Crippen LogP contribution is -2.39. The lowest BCUT2D eigenvalue weighted by atomic mass is 10.1. The summed E-state index contributed by atoms with van der Waals surface area (Å²) in [5, 5.41) is 21.9. The fourth-order valence-electron chi connectivity index (χ4n) is 2.73. The maximum absolute atomic E-state index is 12.1. The molecule has 2 aromatic rings. The van der Waals surface area contributed by atoms with Gasteiger partial charge in [0.1, 0.15) is 5.84 Å². The molecule has 0 spiro atoms. The van der Waals surface area contributed by atoms with E-state index in [4.69, 9.17) is 16.2 Å². The van der Waals surface area contributed by atoms with E-state index in [0.717, 1.165) is 24.8 Å². The van der Waals surface area contributed by atoms with Crippen molar-refractivity contribution in [3.8, 4) is 0 Å². The molecule has 1 aromatic carbocycles. The molecule has 0 saturated carbocycles. The number of aliphatic carboxylic acids is 1. The van der Waals surface area contributed by atoms with Crippen LogP contribution in [0.2, 0.25) is 0 Å². The third-order valence-corrected chi connectivity index (χ3v) is 4.21. The fraction of sp³-hybridized carbons (Fsp3) is 0.440. The number of rotatable bonds is 10. The van der Waals surface area contributed by atoms with Crippen molar-refractivity contribution in [2.45, 2.75) is 66.8 Å². The summed E-state index contributed by atoms with van der Waals surface area (Å²) in [4.78, 5) is 27.1. The number of pyridine rings is 1. The molecule has 0 bridgehead atoms. The standard InChI is InChI=1S/C20H25N5O3.2C2H6.CH4/c21-19(22)15-8-6-14(7-9-15)4-1-2-11-24-20(28)25-17(12-18(26)27)16-5-3-10-23-13-16;2*1-2;/h3,5-10,13,17H,1-2,4,11-12H2,(H3,21,22)(H,26,27)(H2,24,25,28);2*1-2H3;1H4. The number of unbranched alkanes of at least 4 members (excludes halogenated alkanes) is 1. The monoisotopic (exact) mass is 459 g/mol. The molecule has 0 aliphatic carbocycles. The van der Waals surface area contributed by atoms with Gasteiger partial charge in [0.2, 0.25) is 0 Å². The van der Waals surface area contributed by atoms with Crippen LogP contribution in [0, 0.1) is 5.41 Å². The fourth-order valence-corrected chi connectivity index (χ4v) is 2.73. The average Bonchev–Trinajstić information content (AvgIpc) is 2.81. The number of carbonyl (C=O) groups is 2. The van der Waals surface area contributed by atoms with E-state index in [1.165, 1.54) is 0 Å². The molecule has 6 N–H and O–H groups in total. The summed E-state index contributed by atoms with van der Waals surface area (Å²) in [5.41, 5.74) is 7.92. The van der Waals surface area contributed by atoms with Gasteiger partial charge < -0.3 is 21.5 Å². The number of aryl methyl sites for hydroxylation is 1. The number of nitrogens with zero attached hydrogens (tertiary/aromatic N) is 1. The van der Waals surface area contributed by atoms with E-state index >= 15 is 0 Å². The third-order valence-electron chi connectivity index (χ3n) is 4.21. The van der Waals surface area contributed by atoms with Crippen LogP contribution < -0.4 is 16.4 Å². The highest BCUT2D eigenvalue weighted by molar-refractivity contribution is 5.94. The summed E-state index contributed by atoms with van der Waals surface area (Å²) in [6.45, 7) is 8.49. The summed E-state index contributed by atoms with van der Waals surface area (Å²) in [6, 6.07) is 9.94. The SMILES string of the molecule is C.CC.CC.N=C(N)c1ccc(CCCCNC(=O)NC(CC(=O)O)c2cccnc2)cc1. The minimum atomic E-state index is -0.995. The molecule has 0 aliphatic heterocycles. The number of amidine groups is 1. The van der Waals surface area contributed by atoms with Gasteiger partial charge in [0.15, 0.2) is 0 Å².